The van der Waals surface area contributed by atoms with Crippen LogP contribution in [0, 0.1) is 0 Å². The molecule has 0 aliphatic carbocycles. The summed E-state index contributed by atoms with van der Waals surface area (Å²) in [6, 6.07) is 0. The third-order valence-corrected chi connectivity index (χ3v) is 15.1. The molecule has 1 N–H and O–H groups in total. The van der Waals surface area contributed by atoms with Gasteiger partial charge in [-0.25, -0.2) is 0 Å². The van der Waals surface area contributed by atoms with Gasteiger partial charge in [-0.2, -0.15) is 0 Å². The number of rotatable bonds is 12. The average Bonchev–Trinajstić information content (AvgIpc) is 3.41. The van der Waals surface area contributed by atoms with Crippen molar-refractivity contribution in [3.63, 3.8) is 0 Å². The smallest absolute Gasteiger partial charge is 0.0594 e. The first kappa shape index (κ1) is 39.8. The predicted octanol–water partition coefficient (Wildman–Crippen LogP) is 1.37. The van der Waals surface area contributed by atoms with Crippen LogP contribution >= 0.6 is 0 Å². The first-order chi connectivity index (χ1) is 23.3. The molecular weight excluding hydrogens is 616 g/mol. The highest BCUT2D eigenvalue weighted by Gasteiger charge is 2.72. The van der Waals surface area contributed by atoms with Gasteiger partial charge in [0, 0.05) is 129 Å². The lowest BCUT2D eigenvalue weighted by atomic mass is 9.51. The molecule has 0 saturated carbocycles. The van der Waals surface area contributed by atoms with E-state index in [0.29, 0.717) is 0 Å². The van der Waals surface area contributed by atoms with Gasteiger partial charge >= 0.3 is 0 Å². The summed E-state index contributed by atoms with van der Waals surface area (Å²) < 4.78 is 12.4. The van der Waals surface area contributed by atoms with Crippen LogP contribution in [0.2, 0.25) is 0 Å². The van der Waals surface area contributed by atoms with Gasteiger partial charge in [0.1, 0.15) is 0 Å². The second-order valence-corrected chi connectivity index (χ2v) is 17.2. The lowest BCUT2D eigenvalue weighted by Gasteiger charge is -2.75. The van der Waals surface area contributed by atoms with Gasteiger partial charge in [0.25, 0.3) is 0 Å². The summed E-state index contributed by atoms with van der Waals surface area (Å²) in [4.78, 5) is 22.1. The zero-order valence-electron chi connectivity index (χ0n) is 33.3. The highest BCUT2D eigenvalue weighted by Crippen LogP contribution is 2.56. The minimum absolute atomic E-state index is 0.130. The fraction of sp³-hybridized carbons (Fsp3) is 1.00. The molecule has 3 atom stereocenters. The molecule has 286 valence electrons. The van der Waals surface area contributed by atoms with E-state index in [0.717, 1.165) is 151 Å². The number of β-amino-alcohol motifs (C(OH)–C–C–N with tert-alkyl or cyclic N) is 1. The molecule has 0 aromatic heterocycles. The Hall–Kier alpha value is -0.440. The van der Waals surface area contributed by atoms with Crippen molar-refractivity contribution in [2.45, 2.75) is 89.5 Å². The topological polar surface area (TPSA) is 64.6 Å². The normalized spacial score (nSPS) is 29.3. The molecule has 5 aliphatic heterocycles. The van der Waals surface area contributed by atoms with Gasteiger partial charge in [0.05, 0.1) is 43.0 Å². The van der Waals surface area contributed by atoms with Crippen LogP contribution in [0.5, 0.6) is 0 Å². The summed E-state index contributed by atoms with van der Waals surface area (Å²) >= 11 is 0. The molecular formula is C38H76N8O3. The predicted molar refractivity (Wildman–Crippen MR) is 201 cm³/mol. The Morgan fingerprint density at radius 2 is 0.878 bits per heavy atom. The Morgan fingerprint density at radius 3 is 1.37 bits per heavy atom. The summed E-state index contributed by atoms with van der Waals surface area (Å²) in [5.41, 5.74) is -1.10. The number of likely N-dealkylation sites (N-methyl/N-ethyl adjacent to an activating group) is 2. The van der Waals surface area contributed by atoms with Crippen LogP contribution in [-0.4, -0.2) is 230 Å². The third kappa shape index (κ3) is 7.14. The van der Waals surface area contributed by atoms with Crippen molar-refractivity contribution in [1.82, 2.24) is 39.2 Å². The quantitative estimate of drug-likeness (QED) is 0.323. The molecule has 0 aromatic carbocycles. The highest BCUT2D eigenvalue weighted by molar-refractivity contribution is 5.31. The van der Waals surface area contributed by atoms with E-state index in [4.69, 9.17) is 9.47 Å². The number of aliphatic hydroxyl groups is 1. The van der Waals surface area contributed by atoms with E-state index in [-0.39, 0.29) is 34.3 Å². The lowest BCUT2D eigenvalue weighted by molar-refractivity contribution is -0.235. The molecule has 5 fully saturated rings. The van der Waals surface area contributed by atoms with Crippen LogP contribution in [0.3, 0.4) is 0 Å². The van der Waals surface area contributed by atoms with Crippen LogP contribution in [-0.2, 0) is 9.47 Å². The maximum atomic E-state index is 9.76. The fourth-order valence-electron chi connectivity index (χ4n) is 11.0. The SMILES string of the molecule is CCN1CCN([C@](C)(C(C)(C)N2CCN(C)CC2)[C@@](C)(N2CCOCC2)[C@@](C)(N2CCCOCC2)C(C)(C)N2CCN(CCO)CC2)CC1. The number of piperazine rings is 3. The number of hydrogen-bond donors (Lipinski definition) is 1. The Morgan fingerprint density at radius 1 is 0.469 bits per heavy atom. The number of morpholine rings is 1. The maximum Gasteiger partial charge on any atom is 0.0594 e. The van der Waals surface area contributed by atoms with E-state index in [9.17, 15) is 5.11 Å². The molecule has 0 amide bonds. The van der Waals surface area contributed by atoms with Crippen molar-refractivity contribution in [3.05, 3.63) is 0 Å². The van der Waals surface area contributed by atoms with Gasteiger partial charge in [-0.05, 0) is 68.5 Å². The minimum atomic E-state index is -0.291. The van der Waals surface area contributed by atoms with E-state index in [1.807, 2.05) is 0 Å². The van der Waals surface area contributed by atoms with Gasteiger partial charge in [-0.15, -0.1) is 0 Å². The number of ether oxygens (including phenoxy) is 2. The van der Waals surface area contributed by atoms with Crippen molar-refractivity contribution in [3.8, 4) is 0 Å². The van der Waals surface area contributed by atoms with E-state index >= 15 is 0 Å². The van der Waals surface area contributed by atoms with Gasteiger partial charge in [-0.3, -0.25) is 29.4 Å². The molecule has 0 aromatic rings. The summed E-state index contributed by atoms with van der Waals surface area (Å²) in [6.07, 6.45) is 1.06. The number of nitrogens with zero attached hydrogens (tertiary/aromatic N) is 8. The Labute approximate surface area is 300 Å². The third-order valence-electron chi connectivity index (χ3n) is 15.1. The second-order valence-electron chi connectivity index (χ2n) is 17.2. The van der Waals surface area contributed by atoms with Crippen LogP contribution in [0.1, 0.15) is 61.8 Å². The molecule has 11 heteroatoms. The zero-order valence-corrected chi connectivity index (χ0v) is 33.3. The van der Waals surface area contributed by atoms with E-state index in [2.05, 4.69) is 102 Å². The van der Waals surface area contributed by atoms with Crippen molar-refractivity contribution in [2.24, 2.45) is 0 Å². The molecule has 5 saturated heterocycles. The van der Waals surface area contributed by atoms with Crippen LogP contribution in [0.25, 0.3) is 0 Å². The monoisotopic (exact) mass is 693 g/mol. The second kappa shape index (κ2) is 16.3. The van der Waals surface area contributed by atoms with E-state index < -0.39 is 0 Å². The van der Waals surface area contributed by atoms with E-state index in [1.165, 1.54) is 0 Å². The molecule has 0 spiro atoms. The van der Waals surface area contributed by atoms with E-state index in [1.54, 1.807) is 0 Å². The van der Waals surface area contributed by atoms with Gasteiger partial charge in [-0.1, -0.05) is 6.92 Å². The first-order valence-electron chi connectivity index (χ1n) is 19.9. The maximum absolute atomic E-state index is 9.76. The van der Waals surface area contributed by atoms with Crippen LogP contribution in [0.15, 0.2) is 0 Å². The Kier molecular flexibility index (Phi) is 13.2. The summed E-state index contributed by atoms with van der Waals surface area (Å²) in [6.45, 7) is 42.8. The lowest BCUT2D eigenvalue weighted by Crippen LogP contribution is -2.92. The minimum Gasteiger partial charge on any atom is -0.395 e. The molecule has 11 nitrogen and oxygen atoms in total. The fourth-order valence-corrected chi connectivity index (χ4v) is 11.0. The largest absolute Gasteiger partial charge is 0.395 e. The first-order valence-corrected chi connectivity index (χ1v) is 19.9. The highest BCUT2D eigenvalue weighted by atomic mass is 16.5. The van der Waals surface area contributed by atoms with Crippen molar-refractivity contribution in [2.75, 3.05) is 158 Å². The molecule has 0 radical (unpaired) electrons. The van der Waals surface area contributed by atoms with Crippen molar-refractivity contribution >= 4 is 0 Å². The number of aliphatic hydroxyl groups excluding tert-OH is 1. The van der Waals surface area contributed by atoms with Crippen molar-refractivity contribution in [1.29, 1.82) is 0 Å². The molecule has 0 bridgehead atoms. The summed E-state index contributed by atoms with van der Waals surface area (Å²) in [5, 5.41) is 9.76. The molecule has 49 heavy (non-hydrogen) atoms. The molecule has 5 aliphatic rings. The standard InChI is InChI=1S/C38H76N8O3/c1-10-40-15-23-45(24-16-40)37(7,35(4,5)42-19-13-39(9)14-20-42)38(8,46-27-32-49-33-28-46)36(6,44-12-11-30-48-31-26-44)34(2,3)43-21-17-41(18-22-43)25-29-47/h47H,10-33H2,1-9H3/t36-,37+,38-/m0/s1. The Balaban J connectivity index is 1.73. The zero-order chi connectivity index (χ0) is 35.5. The average molecular weight is 693 g/mol. The molecule has 0 unspecified atom stereocenters. The van der Waals surface area contributed by atoms with Gasteiger partial charge in [0.15, 0.2) is 0 Å². The molecule has 5 heterocycles. The Bertz CT molecular complexity index is 1010. The van der Waals surface area contributed by atoms with Gasteiger partial charge < -0.3 is 24.4 Å². The van der Waals surface area contributed by atoms with Gasteiger partial charge in [0.2, 0.25) is 0 Å². The summed E-state index contributed by atoms with van der Waals surface area (Å²) in [7, 11) is 2.28. The number of hydrogen-bond acceptors (Lipinski definition) is 11. The molecule has 5 rings (SSSR count). The van der Waals surface area contributed by atoms with Crippen LogP contribution < -0.4 is 0 Å². The summed E-state index contributed by atoms with van der Waals surface area (Å²) in [5.74, 6) is 0. The van der Waals surface area contributed by atoms with Crippen LogP contribution in [0.4, 0.5) is 0 Å². The van der Waals surface area contributed by atoms with Crippen molar-refractivity contribution < 1.29 is 14.6 Å².